The van der Waals surface area contributed by atoms with E-state index in [2.05, 4.69) is 5.32 Å². The fraction of sp³-hybridized carbons (Fsp3) is 0.0500. The van der Waals surface area contributed by atoms with Crippen LogP contribution in [0.5, 0.6) is 5.75 Å². The molecule has 0 amide bonds. The summed E-state index contributed by atoms with van der Waals surface area (Å²) in [6.45, 7) is 0. The number of rotatable bonds is 5. The minimum atomic E-state index is -1.07. The van der Waals surface area contributed by atoms with Gasteiger partial charge in [0.2, 0.25) is 0 Å². The van der Waals surface area contributed by atoms with E-state index in [0.717, 1.165) is 16.8 Å². The van der Waals surface area contributed by atoms with Crippen LogP contribution in [0.4, 0.5) is 11.4 Å². The van der Waals surface area contributed by atoms with Crippen LogP contribution < -0.4 is 10.1 Å². The Labute approximate surface area is 150 Å². The van der Waals surface area contributed by atoms with Gasteiger partial charge in [0.05, 0.1) is 17.8 Å². The van der Waals surface area contributed by atoms with Crippen LogP contribution >= 0.6 is 11.6 Å². The first-order valence-electron chi connectivity index (χ1n) is 7.63. The van der Waals surface area contributed by atoms with Gasteiger partial charge in [-0.3, -0.25) is 0 Å². The molecule has 5 heteroatoms. The molecular formula is C20H16ClNO3. The second-order valence-corrected chi connectivity index (χ2v) is 5.75. The van der Waals surface area contributed by atoms with E-state index in [9.17, 15) is 9.90 Å². The zero-order valence-electron chi connectivity index (χ0n) is 13.5. The molecule has 0 radical (unpaired) electrons. The number of benzene rings is 3. The Bertz CT molecular complexity index is 910. The first-order valence-corrected chi connectivity index (χ1v) is 8.01. The number of carboxylic acid groups (broad SMARTS) is 1. The van der Waals surface area contributed by atoms with Crippen molar-refractivity contribution in [1.82, 2.24) is 0 Å². The van der Waals surface area contributed by atoms with Crippen molar-refractivity contribution >= 4 is 28.9 Å². The van der Waals surface area contributed by atoms with E-state index in [1.165, 1.54) is 7.11 Å². The highest BCUT2D eigenvalue weighted by molar-refractivity contribution is 6.34. The fourth-order valence-electron chi connectivity index (χ4n) is 2.70. The Balaban J connectivity index is 2.12. The van der Waals surface area contributed by atoms with Crippen molar-refractivity contribution < 1.29 is 14.6 Å². The molecule has 2 N–H and O–H groups in total. The molecular weight excluding hydrogens is 338 g/mol. The standard InChI is InChI=1S/C20H16ClNO3/c1-25-17-12-6-11-16(19(17)20(23)24)22-15-10-5-9-14(21)18(15)13-7-3-2-4-8-13/h2-12,22H,1H3,(H,23,24). The summed E-state index contributed by atoms with van der Waals surface area (Å²) in [7, 11) is 1.44. The highest BCUT2D eigenvalue weighted by Crippen LogP contribution is 2.38. The SMILES string of the molecule is COc1cccc(Nc2cccc(Cl)c2-c2ccccc2)c1C(=O)O. The minimum Gasteiger partial charge on any atom is -0.496 e. The highest BCUT2D eigenvalue weighted by atomic mass is 35.5. The van der Waals surface area contributed by atoms with Gasteiger partial charge >= 0.3 is 5.97 Å². The molecule has 0 aromatic heterocycles. The van der Waals surface area contributed by atoms with Gasteiger partial charge in [-0.2, -0.15) is 0 Å². The van der Waals surface area contributed by atoms with E-state index >= 15 is 0 Å². The number of anilines is 2. The van der Waals surface area contributed by atoms with Crippen molar-refractivity contribution in [2.75, 3.05) is 12.4 Å². The summed E-state index contributed by atoms with van der Waals surface area (Å²) in [5.41, 5.74) is 2.98. The van der Waals surface area contributed by atoms with Crippen LogP contribution in [0.3, 0.4) is 0 Å². The number of nitrogens with one attached hydrogen (secondary N) is 1. The van der Waals surface area contributed by atoms with Gasteiger partial charge in [-0.05, 0) is 29.8 Å². The molecule has 3 aromatic rings. The summed E-state index contributed by atoms with van der Waals surface area (Å²) in [5.74, 6) is -0.774. The molecule has 0 fully saturated rings. The van der Waals surface area contributed by atoms with Crippen molar-refractivity contribution in [3.63, 3.8) is 0 Å². The molecule has 0 saturated heterocycles. The first-order chi connectivity index (χ1) is 12.1. The Morgan fingerprint density at radius 3 is 2.32 bits per heavy atom. The van der Waals surface area contributed by atoms with Crippen molar-refractivity contribution in [1.29, 1.82) is 0 Å². The summed E-state index contributed by atoms with van der Waals surface area (Å²) < 4.78 is 5.18. The lowest BCUT2D eigenvalue weighted by Crippen LogP contribution is -2.06. The van der Waals surface area contributed by atoms with Gasteiger partial charge < -0.3 is 15.2 Å². The van der Waals surface area contributed by atoms with Crippen LogP contribution in [-0.4, -0.2) is 18.2 Å². The molecule has 0 bridgehead atoms. The van der Waals surface area contributed by atoms with Gasteiger partial charge in [0.1, 0.15) is 11.3 Å². The van der Waals surface area contributed by atoms with Crippen LogP contribution in [0.15, 0.2) is 66.7 Å². The topological polar surface area (TPSA) is 58.6 Å². The van der Waals surface area contributed by atoms with Gasteiger partial charge in [0.15, 0.2) is 0 Å². The molecule has 25 heavy (non-hydrogen) atoms. The summed E-state index contributed by atoms with van der Waals surface area (Å²) in [5, 5.41) is 13.3. The molecule has 3 aromatic carbocycles. The largest absolute Gasteiger partial charge is 0.496 e. The van der Waals surface area contributed by atoms with Crippen LogP contribution in [-0.2, 0) is 0 Å². The number of hydrogen-bond acceptors (Lipinski definition) is 3. The lowest BCUT2D eigenvalue weighted by molar-refractivity contribution is 0.0694. The fourth-order valence-corrected chi connectivity index (χ4v) is 2.98. The summed E-state index contributed by atoms with van der Waals surface area (Å²) in [6, 6.07) is 20.2. The van der Waals surface area contributed by atoms with E-state index in [-0.39, 0.29) is 5.56 Å². The Morgan fingerprint density at radius 2 is 1.64 bits per heavy atom. The Kier molecular flexibility index (Phi) is 4.91. The van der Waals surface area contributed by atoms with Gasteiger partial charge in [-0.25, -0.2) is 4.79 Å². The molecule has 0 spiro atoms. The molecule has 0 aliphatic heterocycles. The van der Waals surface area contributed by atoms with Gasteiger partial charge in [0, 0.05) is 11.3 Å². The molecule has 3 rings (SSSR count). The zero-order valence-corrected chi connectivity index (χ0v) is 14.2. The average Bonchev–Trinajstić information content (AvgIpc) is 2.62. The summed E-state index contributed by atoms with van der Waals surface area (Å²) >= 11 is 6.41. The van der Waals surface area contributed by atoms with Crippen molar-refractivity contribution in [3.8, 4) is 16.9 Å². The van der Waals surface area contributed by atoms with Crippen LogP contribution in [0, 0.1) is 0 Å². The van der Waals surface area contributed by atoms with Crippen LogP contribution in [0.25, 0.3) is 11.1 Å². The maximum atomic E-state index is 11.7. The van der Waals surface area contributed by atoms with Crippen molar-refractivity contribution in [2.45, 2.75) is 0 Å². The monoisotopic (exact) mass is 353 g/mol. The normalized spacial score (nSPS) is 10.3. The third kappa shape index (κ3) is 3.44. The quantitative estimate of drug-likeness (QED) is 0.639. The van der Waals surface area contributed by atoms with E-state index < -0.39 is 5.97 Å². The third-order valence-corrected chi connectivity index (χ3v) is 4.12. The lowest BCUT2D eigenvalue weighted by Gasteiger charge is -2.16. The number of hydrogen-bond donors (Lipinski definition) is 2. The average molecular weight is 354 g/mol. The molecule has 0 aliphatic rings. The number of methoxy groups -OCH3 is 1. The number of ether oxygens (including phenoxy) is 1. The maximum absolute atomic E-state index is 11.7. The van der Waals surface area contributed by atoms with Crippen molar-refractivity contribution in [2.24, 2.45) is 0 Å². The highest BCUT2D eigenvalue weighted by Gasteiger charge is 2.18. The molecule has 0 atom stereocenters. The Morgan fingerprint density at radius 1 is 0.960 bits per heavy atom. The Hall–Kier alpha value is -2.98. The number of halogens is 1. The number of carbonyl (C=O) groups is 1. The smallest absolute Gasteiger partial charge is 0.341 e. The molecule has 0 saturated carbocycles. The number of aromatic carboxylic acids is 1. The summed E-state index contributed by atoms with van der Waals surface area (Å²) in [4.78, 5) is 11.7. The molecule has 126 valence electrons. The van der Waals surface area contributed by atoms with E-state index in [0.29, 0.717) is 16.5 Å². The van der Waals surface area contributed by atoms with Gasteiger partial charge in [0.25, 0.3) is 0 Å². The summed E-state index contributed by atoms with van der Waals surface area (Å²) in [6.07, 6.45) is 0. The minimum absolute atomic E-state index is 0.0731. The predicted molar refractivity (Wildman–Crippen MR) is 100 cm³/mol. The van der Waals surface area contributed by atoms with Crippen molar-refractivity contribution in [3.05, 3.63) is 77.3 Å². The molecule has 4 nitrogen and oxygen atoms in total. The maximum Gasteiger partial charge on any atom is 0.341 e. The molecule has 0 heterocycles. The first kappa shape index (κ1) is 16.9. The zero-order chi connectivity index (χ0) is 17.8. The second-order valence-electron chi connectivity index (χ2n) is 5.34. The van der Waals surface area contributed by atoms with Gasteiger partial charge in [-0.15, -0.1) is 0 Å². The van der Waals surface area contributed by atoms with Gasteiger partial charge in [-0.1, -0.05) is 54.1 Å². The van der Waals surface area contributed by atoms with E-state index in [4.69, 9.17) is 16.3 Å². The second kappa shape index (κ2) is 7.28. The third-order valence-electron chi connectivity index (χ3n) is 3.81. The lowest BCUT2D eigenvalue weighted by atomic mass is 10.0. The van der Waals surface area contributed by atoms with E-state index in [1.54, 1.807) is 24.3 Å². The van der Waals surface area contributed by atoms with E-state index in [1.807, 2.05) is 42.5 Å². The van der Waals surface area contributed by atoms with Crippen LogP contribution in [0.1, 0.15) is 10.4 Å². The predicted octanol–water partition coefficient (Wildman–Crippen LogP) is 5.46. The van der Waals surface area contributed by atoms with Crippen LogP contribution in [0.2, 0.25) is 5.02 Å². The molecule has 0 unspecified atom stereocenters. The molecule has 0 aliphatic carbocycles. The number of carboxylic acids is 1.